The highest BCUT2D eigenvalue weighted by molar-refractivity contribution is 5.97. The van der Waals surface area contributed by atoms with Crippen molar-refractivity contribution < 1.29 is 41.4 Å². The normalized spacial score (nSPS) is 17.2. The fraction of sp³-hybridized carbons (Fsp3) is 0.278. The Morgan fingerprint density at radius 2 is 1.49 bits per heavy atom. The SMILES string of the molecule is C[C@H](Oc1c(F)cccc1NC(=O)[C@@H](N)C(c1ccc(F)cc1)c1ccc(F)cc1)C1CN[C@H](COC(=O)NCc2ccc(F)cc2)CO1. The second-order valence-corrected chi connectivity index (χ2v) is 11.6. The van der Waals surface area contributed by atoms with E-state index in [9.17, 15) is 22.8 Å². The monoisotopic (exact) mass is 680 g/mol. The number of carbonyl (C=O) groups is 2. The molecule has 258 valence electrons. The number of morpholine rings is 1. The zero-order valence-electron chi connectivity index (χ0n) is 26.5. The Morgan fingerprint density at radius 1 is 0.898 bits per heavy atom. The average Bonchev–Trinajstić information content (AvgIpc) is 3.10. The minimum absolute atomic E-state index is 0.0256. The van der Waals surface area contributed by atoms with Gasteiger partial charge in [-0.25, -0.2) is 22.4 Å². The van der Waals surface area contributed by atoms with Crippen LogP contribution in [0.3, 0.4) is 0 Å². The van der Waals surface area contributed by atoms with Crippen LogP contribution in [0.15, 0.2) is 91.0 Å². The lowest BCUT2D eigenvalue weighted by Crippen LogP contribution is -2.53. The number of rotatable bonds is 12. The molecule has 1 fully saturated rings. The van der Waals surface area contributed by atoms with Gasteiger partial charge in [0.2, 0.25) is 5.91 Å². The summed E-state index contributed by atoms with van der Waals surface area (Å²) in [5.74, 6) is -3.72. The largest absolute Gasteiger partial charge is 0.483 e. The molecule has 9 nitrogen and oxygen atoms in total. The highest BCUT2D eigenvalue weighted by Gasteiger charge is 2.31. The van der Waals surface area contributed by atoms with Crippen molar-refractivity contribution in [2.24, 2.45) is 5.73 Å². The maximum Gasteiger partial charge on any atom is 0.407 e. The maximum atomic E-state index is 15.1. The first-order chi connectivity index (χ1) is 23.6. The van der Waals surface area contributed by atoms with Crippen LogP contribution in [0.4, 0.5) is 28.0 Å². The predicted octanol–water partition coefficient (Wildman–Crippen LogP) is 5.39. The number of amides is 2. The summed E-state index contributed by atoms with van der Waals surface area (Å²) in [4.78, 5) is 25.6. The van der Waals surface area contributed by atoms with E-state index >= 15 is 4.39 Å². The molecule has 1 aliphatic rings. The zero-order valence-corrected chi connectivity index (χ0v) is 26.5. The molecule has 0 aliphatic carbocycles. The average molecular weight is 681 g/mol. The van der Waals surface area contributed by atoms with Crippen LogP contribution in [0.2, 0.25) is 0 Å². The summed E-state index contributed by atoms with van der Waals surface area (Å²) in [7, 11) is 0. The molecule has 0 aromatic heterocycles. The number of ether oxygens (including phenoxy) is 3. The molecule has 1 heterocycles. The summed E-state index contributed by atoms with van der Waals surface area (Å²) in [6.07, 6.45) is -1.84. The van der Waals surface area contributed by atoms with Crippen molar-refractivity contribution in [3.05, 3.63) is 131 Å². The van der Waals surface area contributed by atoms with Gasteiger partial charge in [0, 0.05) is 19.0 Å². The first-order valence-corrected chi connectivity index (χ1v) is 15.6. The van der Waals surface area contributed by atoms with Crippen LogP contribution >= 0.6 is 0 Å². The van der Waals surface area contributed by atoms with Gasteiger partial charge >= 0.3 is 6.09 Å². The fourth-order valence-corrected chi connectivity index (χ4v) is 5.36. The molecule has 2 amide bonds. The first kappa shape index (κ1) is 35.3. The lowest BCUT2D eigenvalue weighted by molar-refractivity contribution is -0.117. The van der Waals surface area contributed by atoms with Gasteiger partial charge in [-0.2, -0.15) is 0 Å². The summed E-state index contributed by atoms with van der Waals surface area (Å²) in [6, 6.07) is 19.2. The van der Waals surface area contributed by atoms with Gasteiger partial charge in [-0.15, -0.1) is 0 Å². The lowest BCUT2D eigenvalue weighted by Gasteiger charge is -2.33. The van der Waals surface area contributed by atoms with Crippen LogP contribution in [-0.2, 0) is 20.8 Å². The van der Waals surface area contributed by atoms with E-state index in [-0.39, 0.29) is 43.1 Å². The number of hydrogen-bond donors (Lipinski definition) is 4. The number of benzene rings is 4. The number of anilines is 1. The summed E-state index contributed by atoms with van der Waals surface area (Å²) in [5.41, 5.74) is 8.25. The molecular formula is C36H36F4N4O5. The number of carbonyl (C=O) groups excluding carboxylic acids is 2. The Kier molecular flexibility index (Phi) is 11.8. The van der Waals surface area contributed by atoms with Crippen LogP contribution in [-0.4, -0.2) is 56.1 Å². The molecule has 0 bridgehead atoms. The molecule has 13 heteroatoms. The minimum atomic E-state index is -1.24. The molecule has 0 spiro atoms. The Balaban J connectivity index is 1.16. The molecule has 5 rings (SSSR count). The molecule has 1 saturated heterocycles. The van der Waals surface area contributed by atoms with Crippen molar-refractivity contribution in [3.8, 4) is 5.75 Å². The predicted molar refractivity (Wildman–Crippen MR) is 174 cm³/mol. The van der Waals surface area contributed by atoms with E-state index < -0.39 is 53.6 Å². The van der Waals surface area contributed by atoms with Crippen LogP contribution in [0.1, 0.15) is 29.5 Å². The molecule has 49 heavy (non-hydrogen) atoms. The Labute approximate surface area is 280 Å². The Morgan fingerprint density at radius 3 is 2.06 bits per heavy atom. The van der Waals surface area contributed by atoms with E-state index in [0.29, 0.717) is 23.2 Å². The molecule has 1 aliphatic heterocycles. The molecule has 4 atom stereocenters. The lowest BCUT2D eigenvalue weighted by atomic mass is 9.85. The smallest absolute Gasteiger partial charge is 0.407 e. The zero-order chi connectivity index (χ0) is 34.9. The standard InChI is InChI=1S/C36H36F4N4O5/c1-21(31-18-42-28(19-47-31)20-48-36(46)43-17-22-5-11-25(37)12-6-22)49-34-29(40)3-2-4-30(34)44-35(45)33(41)32(23-7-13-26(38)14-8-23)24-9-15-27(39)16-10-24/h2-16,21,28,31-33,42H,17-20,41H2,1H3,(H,43,46)(H,44,45)/t21-,28-,31?,33-/m0/s1. The van der Waals surface area contributed by atoms with E-state index in [4.69, 9.17) is 19.9 Å². The van der Waals surface area contributed by atoms with Crippen LogP contribution in [0, 0.1) is 23.3 Å². The molecule has 1 unspecified atom stereocenters. The maximum absolute atomic E-state index is 15.1. The van der Waals surface area contributed by atoms with Crippen molar-refractivity contribution >= 4 is 17.7 Å². The third-order valence-corrected chi connectivity index (χ3v) is 8.06. The summed E-state index contributed by atoms with van der Waals surface area (Å²) < 4.78 is 72.7. The molecular weight excluding hydrogens is 644 g/mol. The van der Waals surface area contributed by atoms with Gasteiger partial charge in [0.15, 0.2) is 11.6 Å². The van der Waals surface area contributed by atoms with E-state index in [0.717, 1.165) is 0 Å². The number of para-hydroxylation sites is 1. The molecule has 0 saturated carbocycles. The van der Waals surface area contributed by atoms with Gasteiger partial charge < -0.3 is 35.9 Å². The van der Waals surface area contributed by atoms with Crippen molar-refractivity contribution in [1.29, 1.82) is 0 Å². The molecule has 4 aromatic carbocycles. The van der Waals surface area contributed by atoms with Gasteiger partial charge in [0.1, 0.15) is 36.3 Å². The summed E-state index contributed by atoms with van der Waals surface area (Å²) >= 11 is 0. The second-order valence-electron chi connectivity index (χ2n) is 11.6. The fourth-order valence-electron chi connectivity index (χ4n) is 5.36. The number of alkyl carbamates (subject to hydrolysis) is 1. The van der Waals surface area contributed by atoms with Gasteiger partial charge in [-0.3, -0.25) is 4.79 Å². The molecule has 5 N–H and O–H groups in total. The summed E-state index contributed by atoms with van der Waals surface area (Å²) in [6.45, 7) is 2.36. The van der Waals surface area contributed by atoms with Crippen LogP contribution < -0.4 is 26.4 Å². The first-order valence-electron chi connectivity index (χ1n) is 15.6. The number of halogens is 4. The minimum Gasteiger partial charge on any atom is -0.483 e. The summed E-state index contributed by atoms with van der Waals surface area (Å²) in [5, 5.41) is 8.47. The van der Waals surface area contributed by atoms with Crippen molar-refractivity contribution in [3.63, 3.8) is 0 Å². The van der Waals surface area contributed by atoms with E-state index in [1.165, 1.54) is 78.9 Å². The van der Waals surface area contributed by atoms with E-state index in [2.05, 4.69) is 16.0 Å². The van der Waals surface area contributed by atoms with Crippen molar-refractivity contribution in [2.75, 3.05) is 25.1 Å². The topological polar surface area (TPSA) is 124 Å². The number of hydrogen-bond acceptors (Lipinski definition) is 7. The Bertz CT molecular complexity index is 1660. The Hall–Kier alpha value is -4.98. The number of nitrogens with one attached hydrogen (secondary N) is 3. The van der Waals surface area contributed by atoms with Gasteiger partial charge in [-0.1, -0.05) is 42.5 Å². The quantitative estimate of drug-likeness (QED) is 0.148. The molecule has 4 aromatic rings. The van der Waals surface area contributed by atoms with Crippen molar-refractivity contribution in [1.82, 2.24) is 10.6 Å². The highest BCUT2D eigenvalue weighted by atomic mass is 19.1. The highest BCUT2D eigenvalue weighted by Crippen LogP contribution is 2.32. The van der Waals surface area contributed by atoms with E-state index in [1.807, 2.05) is 0 Å². The van der Waals surface area contributed by atoms with Gasteiger partial charge in [0.25, 0.3) is 0 Å². The van der Waals surface area contributed by atoms with Gasteiger partial charge in [0.05, 0.1) is 24.4 Å². The van der Waals surface area contributed by atoms with Crippen molar-refractivity contribution in [2.45, 2.75) is 43.7 Å². The number of nitrogens with two attached hydrogens (primary N) is 1. The third kappa shape index (κ3) is 9.56. The second kappa shape index (κ2) is 16.4. The van der Waals surface area contributed by atoms with Crippen LogP contribution in [0.25, 0.3) is 0 Å². The van der Waals surface area contributed by atoms with E-state index in [1.54, 1.807) is 19.1 Å². The van der Waals surface area contributed by atoms with Crippen LogP contribution in [0.5, 0.6) is 5.75 Å². The molecule has 0 radical (unpaired) electrons. The van der Waals surface area contributed by atoms with Gasteiger partial charge in [-0.05, 0) is 72.1 Å². The third-order valence-electron chi connectivity index (χ3n) is 8.06.